The SMILES string of the molecule is Cc1cc(C(=O)N2CCC3(CC2)CC3CNC(=O)c2cc3ccncc3o2)no1. The third-order valence-corrected chi connectivity index (χ3v) is 6.31. The van der Waals surface area contributed by atoms with E-state index in [0.717, 1.165) is 24.6 Å². The highest BCUT2D eigenvalue weighted by Gasteiger charge is 2.54. The van der Waals surface area contributed by atoms with Crippen LogP contribution in [0.4, 0.5) is 0 Å². The number of nitrogens with zero attached hydrogens (tertiary/aromatic N) is 3. The Bertz CT molecular complexity index is 1040. The summed E-state index contributed by atoms with van der Waals surface area (Å²) in [6.45, 7) is 3.84. The molecule has 1 aliphatic carbocycles. The van der Waals surface area contributed by atoms with Gasteiger partial charge in [-0.2, -0.15) is 0 Å². The van der Waals surface area contributed by atoms with Gasteiger partial charge in [0.05, 0.1) is 6.20 Å². The van der Waals surface area contributed by atoms with E-state index in [0.29, 0.717) is 48.3 Å². The molecular weight excluding hydrogens is 372 g/mol. The summed E-state index contributed by atoms with van der Waals surface area (Å²) in [7, 11) is 0. The number of aryl methyl sites for hydroxylation is 1. The molecule has 1 saturated carbocycles. The molecule has 3 aromatic rings. The van der Waals surface area contributed by atoms with Gasteiger partial charge in [-0.1, -0.05) is 5.16 Å². The van der Waals surface area contributed by atoms with E-state index in [2.05, 4.69) is 15.5 Å². The van der Waals surface area contributed by atoms with E-state index in [4.69, 9.17) is 8.94 Å². The molecular formula is C21H22N4O4. The van der Waals surface area contributed by atoms with Crippen LogP contribution in [-0.2, 0) is 0 Å². The van der Waals surface area contributed by atoms with Crippen molar-refractivity contribution in [3.8, 4) is 0 Å². The Labute approximate surface area is 167 Å². The van der Waals surface area contributed by atoms with Gasteiger partial charge in [0, 0.05) is 37.3 Å². The Morgan fingerprint density at radius 2 is 2.14 bits per heavy atom. The number of fused-ring (bicyclic) bond motifs is 1. The minimum Gasteiger partial charge on any atom is -0.449 e. The van der Waals surface area contributed by atoms with E-state index in [1.807, 2.05) is 11.0 Å². The van der Waals surface area contributed by atoms with Crippen LogP contribution in [0.5, 0.6) is 0 Å². The number of amides is 2. The van der Waals surface area contributed by atoms with E-state index in [-0.39, 0.29) is 17.2 Å². The van der Waals surface area contributed by atoms with Gasteiger partial charge in [-0.25, -0.2) is 0 Å². The summed E-state index contributed by atoms with van der Waals surface area (Å²) in [5.74, 6) is 1.13. The van der Waals surface area contributed by atoms with E-state index < -0.39 is 0 Å². The number of pyridine rings is 1. The van der Waals surface area contributed by atoms with Crippen molar-refractivity contribution >= 4 is 22.8 Å². The molecule has 29 heavy (non-hydrogen) atoms. The van der Waals surface area contributed by atoms with Crippen molar-refractivity contribution in [2.75, 3.05) is 19.6 Å². The van der Waals surface area contributed by atoms with Crippen molar-refractivity contribution in [3.63, 3.8) is 0 Å². The van der Waals surface area contributed by atoms with Crippen molar-refractivity contribution < 1.29 is 18.5 Å². The summed E-state index contributed by atoms with van der Waals surface area (Å²) in [6.07, 6.45) is 6.27. The van der Waals surface area contributed by atoms with Gasteiger partial charge in [-0.15, -0.1) is 0 Å². The van der Waals surface area contributed by atoms with Crippen LogP contribution in [0.2, 0.25) is 0 Å². The number of furan rings is 1. The third kappa shape index (κ3) is 3.28. The second kappa shape index (κ2) is 6.72. The van der Waals surface area contributed by atoms with E-state index in [1.54, 1.807) is 31.5 Å². The molecule has 1 spiro atoms. The van der Waals surface area contributed by atoms with Crippen molar-refractivity contribution in [1.29, 1.82) is 0 Å². The van der Waals surface area contributed by atoms with Gasteiger partial charge >= 0.3 is 0 Å². The number of rotatable bonds is 4. The molecule has 2 aliphatic rings. The predicted molar refractivity (Wildman–Crippen MR) is 103 cm³/mol. The molecule has 150 valence electrons. The van der Waals surface area contributed by atoms with E-state index in [9.17, 15) is 9.59 Å². The Morgan fingerprint density at radius 1 is 1.31 bits per heavy atom. The normalized spacial score (nSPS) is 20.2. The van der Waals surface area contributed by atoms with Gasteiger partial charge in [-0.05, 0) is 49.7 Å². The average molecular weight is 394 g/mol. The molecule has 2 fully saturated rings. The Balaban J connectivity index is 1.13. The second-order valence-electron chi connectivity index (χ2n) is 8.11. The number of carbonyl (C=O) groups is 2. The van der Waals surface area contributed by atoms with Gasteiger partial charge < -0.3 is 19.2 Å². The van der Waals surface area contributed by atoms with Crippen LogP contribution >= 0.6 is 0 Å². The summed E-state index contributed by atoms with van der Waals surface area (Å²) >= 11 is 0. The molecule has 0 aromatic carbocycles. The predicted octanol–water partition coefficient (Wildman–Crippen LogP) is 2.80. The fourth-order valence-corrected chi connectivity index (χ4v) is 4.42. The molecule has 5 rings (SSSR count). The first-order valence-corrected chi connectivity index (χ1v) is 9.88. The molecule has 0 bridgehead atoms. The number of likely N-dealkylation sites (tertiary alicyclic amines) is 1. The molecule has 8 nitrogen and oxygen atoms in total. The van der Waals surface area contributed by atoms with Crippen LogP contribution in [0.1, 0.15) is 46.1 Å². The number of carbonyl (C=O) groups excluding carboxylic acids is 2. The fourth-order valence-electron chi connectivity index (χ4n) is 4.42. The standard InChI is InChI=1S/C21H22N4O4/c1-13-8-16(24-29-13)20(27)25-6-3-21(4-7-25)10-15(21)11-23-19(26)17-9-14-2-5-22-12-18(14)28-17/h2,5,8-9,12,15H,3-4,6-7,10-11H2,1H3,(H,23,26). The number of hydrogen-bond donors (Lipinski definition) is 1. The van der Waals surface area contributed by atoms with Crippen molar-refractivity contribution in [2.24, 2.45) is 11.3 Å². The molecule has 0 radical (unpaired) electrons. The number of hydrogen-bond acceptors (Lipinski definition) is 6. The highest BCUT2D eigenvalue weighted by molar-refractivity contribution is 5.96. The zero-order valence-electron chi connectivity index (χ0n) is 16.2. The van der Waals surface area contributed by atoms with Gasteiger partial charge in [0.1, 0.15) is 5.76 Å². The number of aromatic nitrogens is 2. The topological polar surface area (TPSA) is 101 Å². The maximum atomic E-state index is 12.5. The average Bonchev–Trinajstić information content (AvgIpc) is 3.08. The summed E-state index contributed by atoms with van der Waals surface area (Å²) in [5.41, 5.74) is 1.22. The minimum atomic E-state index is -0.197. The Morgan fingerprint density at radius 3 is 2.86 bits per heavy atom. The Kier molecular flexibility index (Phi) is 4.15. The highest BCUT2D eigenvalue weighted by Crippen LogP contribution is 2.59. The Hall–Kier alpha value is -3.16. The van der Waals surface area contributed by atoms with E-state index in [1.165, 1.54) is 0 Å². The molecule has 1 saturated heterocycles. The molecule has 1 atom stereocenters. The second-order valence-corrected chi connectivity index (χ2v) is 8.11. The van der Waals surface area contributed by atoms with Crippen molar-refractivity contribution in [2.45, 2.75) is 26.2 Å². The molecule has 1 unspecified atom stereocenters. The van der Waals surface area contributed by atoms with Crippen LogP contribution in [0, 0.1) is 18.3 Å². The van der Waals surface area contributed by atoms with Crippen LogP contribution < -0.4 is 5.32 Å². The molecule has 1 N–H and O–H groups in total. The number of nitrogens with one attached hydrogen (secondary N) is 1. The first-order chi connectivity index (χ1) is 14.0. The summed E-state index contributed by atoms with van der Waals surface area (Å²) in [5, 5.41) is 7.69. The monoisotopic (exact) mass is 394 g/mol. The number of piperidine rings is 1. The molecule has 2 amide bonds. The maximum Gasteiger partial charge on any atom is 0.287 e. The lowest BCUT2D eigenvalue weighted by Gasteiger charge is -2.32. The van der Waals surface area contributed by atoms with Crippen molar-refractivity contribution in [3.05, 3.63) is 47.8 Å². The van der Waals surface area contributed by atoms with Gasteiger partial charge in [0.25, 0.3) is 11.8 Å². The lowest BCUT2D eigenvalue weighted by Crippen LogP contribution is -2.40. The van der Waals surface area contributed by atoms with Gasteiger partial charge in [0.15, 0.2) is 17.0 Å². The maximum absolute atomic E-state index is 12.5. The highest BCUT2D eigenvalue weighted by atomic mass is 16.5. The molecule has 4 heterocycles. The molecule has 1 aliphatic heterocycles. The zero-order chi connectivity index (χ0) is 20.0. The fraction of sp³-hybridized carbons (Fsp3) is 0.429. The largest absolute Gasteiger partial charge is 0.449 e. The molecule has 3 aromatic heterocycles. The van der Waals surface area contributed by atoms with E-state index >= 15 is 0 Å². The van der Waals surface area contributed by atoms with Crippen LogP contribution in [-0.4, -0.2) is 46.5 Å². The summed E-state index contributed by atoms with van der Waals surface area (Å²) in [6, 6.07) is 5.24. The zero-order valence-corrected chi connectivity index (χ0v) is 16.2. The summed E-state index contributed by atoms with van der Waals surface area (Å²) < 4.78 is 10.6. The molecule has 8 heteroatoms. The quantitative estimate of drug-likeness (QED) is 0.730. The summed E-state index contributed by atoms with van der Waals surface area (Å²) in [4.78, 5) is 30.8. The first-order valence-electron chi connectivity index (χ1n) is 9.88. The van der Waals surface area contributed by atoms with Gasteiger partial charge in [0.2, 0.25) is 0 Å². The lowest BCUT2D eigenvalue weighted by molar-refractivity contribution is 0.0658. The lowest BCUT2D eigenvalue weighted by atomic mass is 9.90. The minimum absolute atomic E-state index is 0.0680. The van der Waals surface area contributed by atoms with Crippen LogP contribution in [0.15, 0.2) is 39.5 Å². The first kappa shape index (κ1) is 17.9. The van der Waals surface area contributed by atoms with Crippen molar-refractivity contribution in [1.82, 2.24) is 20.4 Å². The van der Waals surface area contributed by atoms with Crippen LogP contribution in [0.3, 0.4) is 0 Å². The smallest absolute Gasteiger partial charge is 0.287 e. The third-order valence-electron chi connectivity index (χ3n) is 6.31. The van der Waals surface area contributed by atoms with Gasteiger partial charge in [-0.3, -0.25) is 14.6 Å². The van der Waals surface area contributed by atoms with Crippen LogP contribution in [0.25, 0.3) is 11.0 Å².